The number of rotatable bonds is 9. The van der Waals surface area contributed by atoms with Gasteiger partial charge in [0.1, 0.15) is 6.04 Å². The van der Waals surface area contributed by atoms with Gasteiger partial charge in [0.25, 0.3) is 0 Å². The van der Waals surface area contributed by atoms with E-state index >= 15 is 0 Å². The fraction of sp³-hybridized carbons (Fsp3) is 0.355. The van der Waals surface area contributed by atoms with Crippen molar-refractivity contribution in [1.29, 1.82) is 0 Å². The second-order valence-corrected chi connectivity index (χ2v) is 11.2. The average molecular weight is 559 g/mol. The number of carbonyl (C=O) groups excluding carboxylic acids is 2. The number of ether oxygens (including phenoxy) is 2. The van der Waals surface area contributed by atoms with Crippen molar-refractivity contribution >= 4 is 29.3 Å². The van der Waals surface area contributed by atoms with Crippen molar-refractivity contribution in [1.82, 2.24) is 14.9 Å². The van der Waals surface area contributed by atoms with Crippen LogP contribution in [0.25, 0.3) is 0 Å². The highest BCUT2D eigenvalue weighted by atomic mass is 32.2. The van der Waals surface area contributed by atoms with Gasteiger partial charge in [-0.1, -0.05) is 48.2 Å². The van der Waals surface area contributed by atoms with Crippen LogP contribution in [0.15, 0.2) is 65.8 Å². The molecule has 9 heteroatoms. The first-order valence-corrected chi connectivity index (χ1v) is 14.5. The number of nitrogens with zero attached hydrogens (tertiary/aromatic N) is 3. The number of anilines is 1. The Hall–Kier alpha value is -3.85. The van der Waals surface area contributed by atoms with Crippen LogP contribution in [0.5, 0.6) is 11.5 Å². The Balaban J connectivity index is 1.45. The maximum absolute atomic E-state index is 14.1. The van der Waals surface area contributed by atoms with Crippen LogP contribution >= 0.6 is 11.8 Å². The van der Waals surface area contributed by atoms with Gasteiger partial charge in [-0.25, -0.2) is 9.97 Å². The second-order valence-electron chi connectivity index (χ2n) is 10.2. The molecule has 0 unspecified atom stereocenters. The zero-order valence-electron chi connectivity index (χ0n) is 23.1. The van der Waals surface area contributed by atoms with Crippen LogP contribution < -0.4 is 14.8 Å². The highest BCUT2D eigenvalue weighted by molar-refractivity contribution is 7.99. The van der Waals surface area contributed by atoms with Crippen LogP contribution in [0.3, 0.4) is 0 Å². The zero-order valence-corrected chi connectivity index (χ0v) is 23.9. The van der Waals surface area contributed by atoms with Crippen LogP contribution in [-0.4, -0.2) is 45.3 Å². The number of benzene rings is 2. The molecule has 2 aliphatic rings. The maximum Gasteiger partial charge on any atom is 0.247 e. The molecule has 1 aliphatic heterocycles. The molecule has 2 heterocycles. The summed E-state index contributed by atoms with van der Waals surface area (Å²) < 4.78 is 10.9. The van der Waals surface area contributed by atoms with E-state index in [0.29, 0.717) is 28.9 Å². The average Bonchev–Trinajstić information content (AvgIpc) is 3.40. The molecule has 0 radical (unpaired) electrons. The monoisotopic (exact) mass is 558 g/mol. The Morgan fingerprint density at radius 1 is 1.02 bits per heavy atom. The topological polar surface area (TPSA) is 93.7 Å². The van der Waals surface area contributed by atoms with E-state index in [2.05, 4.69) is 27.4 Å². The van der Waals surface area contributed by atoms with E-state index < -0.39 is 6.04 Å². The molecule has 1 N–H and O–H groups in total. The van der Waals surface area contributed by atoms with Crippen molar-refractivity contribution in [3.05, 3.63) is 83.2 Å². The summed E-state index contributed by atoms with van der Waals surface area (Å²) in [6.45, 7) is 6.35. The van der Waals surface area contributed by atoms with Gasteiger partial charge < -0.3 is 19.7 Å². The molecular weight excluding hydrogens is 524 g/mol. The summed E-state index contributed by atoms with van der Waals surface area (Å²) in [7, 11) is 0. The first-order chi connectivity index (χ1) is 19.4. The molecule has 0 saturated carbocycles. The van der Waals surface area contributed by atoms with Gasteiger partial charge in [0.2, 0.25) is 18.6 Å². The molecule has 0 bridgehead atoms. The number of carbonyl (C=O) groups is 2. The zero-order chi connectivity index (χ0) is 28.1. The van der Waals surface area contributed by atoms with Crippen LogP contribution in [0, 0.1) is 26.7 Å². The minimum absolute atomic E-state index is 0.0190. The number of aromatic nitrogens is 2. The van der Waals surface area contributed by atoms with Gasteiger partial charge in [0, 0.05) is 29.7 Å². The summed E-state index contributed by atoms with van der Waals surface area (Å²) in [5.74, 6) is 1.01. The molecule has 3 aromatic rings. The van der Waals surface area contributed by atoms with Crippen molar-refractivity contribution in [2.45, 2.75) is 57.8 Å². The van der Waals surface area contributed by atoms with Crippen LogP contribution in [0.4, 0.5) is 5.69 Å². The highest BCUT2D eigenvalue weighted by Crippen LogP contribution is 2.35. The minimum atomic E-state index is -0.664. The largest absolute Gasteiger partial charge is 0.454 e. The predicted molar refractivity (Wildman–Crippen MR) is 155 cm³/mol. The van der Waals surface area contributed by atoms with Gasteiger partial charge >= 0.3 is 0 Å². The predicted octanol–water partition coefficient (Wildman–Crippen LogP) is 5.62. The number of nitrogens with one attached hydrogen (secondary N) is 1. The first-order valence-electron chi connectivity index (χ1n) is 13.5. The van der Waals surface area contributed by atoms with E-state index in [1.54, 1.807) is 23.1 Å². The van der Waals surface area contributed by atoms with Gasteiger partial charge in [-0.3, -0.25) is 9.59 Å². The minimum Gasteiger partial charge on any atom is -0.454 e. The molecule has 0 fully saturated rings. The SMILES string of the molecule is Cc1cc(C)nc(SCC(=O)N(Cc2ccccc2C)[C@@H](C(=O)Nc2ccc3c(c2)OCO3)[C@H]2CC=CCC2)n1. The Morgan fingerprint density at radius 2 is 1.80 bits per heavy atom. The van der Waals surface area contributed by atoms with Crippen LogP contribution in [-0.2, 0) is 16.1 Å². The third kappa shape index (κ3) is 6.65. The number of hydrogen-bond acceptors (Lipinski definition) is 7. The number of hydrogen-bond donors (Lipinski definition) is 1. The number of fused-ring (bicyclic) bond motifs is 1. The molecule has 208 valence electrons. The summed E-state index contributed by atoms with van der Waals surface area (Å²) in [6, 6.07) is 14.6. The number of amides is 2. The lowest BCUT2D eigenvalue weighted by Gasteiger charge is -2.37. The van der Waals surface area contributed by atoms with E-state index in [1.165, 1.54) is 11.8 Å². The van der Waals surface area contributed by atoms with Crippen LogP contribution in [0.2, 0.25) is 0 Å². The molecule has 0 saturated heterocycles. The fourth-order valence-electron chi connectivity index (χ4n) is 5.18. The van der Waals surface area contributed by atoms with Gasteiger partial charge in [-0.15, -0.1) is 0 Å². The number of aryl methyl sites for hydroxylation is 3. The summed E-state index contributed by atoms with van der Waals surface area (Å²) in [5.41, 5.74) is 4.40. The molecule has 2 amide bonds. The Labute approximate surface area is 239 Å². The Kier molecular flexibility index (Phi) is 8.69. The molecule has 1 aliphatic carbocycles. The maximum atomic E-state index is 14.1. The third-order valence-corrected chi connectivity index (χ3v) is 8.04. The molecule has 0 spiro atoms. The fourth-order valence-corrected chi connectivity index (χ4v) is 6.02. The summed E-state index contributed by atoms with van der Waals surface area (Å²) >= 11 is 1.30. The lowest BCUT2D eigenvalue weighted by molar-refractivity contribution is -0.139. The normalized spacial score (nSPS) is 16.4. The lowest BCUT2D eigenvalue weighted by Crippen LogP contribution is -2.52. The van der Waals surface area contributed by atoms with Gasteiger partial charge in [-0.05, 0) is 75.3 Å². The first kappa shape index (κ1) is 27.7. The smallest absolute Gasteiger partial charge is 0.247 e. The molecule has 2 atom stereocenters. The molecule has 40 heavy (non-hydrogen) atoms. The van der Waals surface area contributed by atoms with Gasteiger partial charge in [-0.2, -0.15) is 0 Å². The van der Waals surface area contributed by atoms with E-state index in [0.717, 1.165) is 41.8 Å². The van der Waals surface area contributed by atoms with Crippen molar-refractivity contribution in [3.8, 4) is 11.5 Å². The highest BCUT2D eigenvalue weighted by Gasteiger charge is 2.37. The molecule has 1 aromatic heterocycles. The molecule has 8 nitrogen and oxygen atoms in total. The third-order valence-electron chi connectivity index (χ3n) is 7.21. The number of thioether (sulfide) groups is 1. The van der Waals surface area contributed by atoms with Gasteiger partial charge in [0.15, 0.2) is 16.7 Å². The molecule has 2 aromatic carbocycles. The van der Waals surface area contributed by atoms with E-state index in [4.69, 9.17) is 9.47 Å². The van der Waals surface area contributed by atoms with Crippen molar-refractivity contribution in [2.75, 3.05) is 17.9 Å². The summed E-state index contributed by atoms with van der Waals surface area (Å²) in [6.07, 6.45) is 6.67. The number of allylic oxidation sites excluding steroid dienone is 2. The Morgan fingerprint density at radius 3 is 2.55 bits per heavy atom. The molecular formula is C31H34N4O4S. The summed E-state index contributed by atoms with van der Waals surface area (Å²) in [4.78, 5) is 38.8. The van der Waals surface area contributed by atoms with E-state index in [9.17, 15) is 9.59 Å². The van der Waals surface area contributed by atoms with E-state index in [1.807, 2.05) is 51.1 Å². The standard InChI is InChI=1S/C31H34N4O4S/c1-20-9-7-8-12-24(20)17-35(28(36)18-40-31-32-21(2)15-22(3)33-31)29(23-10-5-4-6-11-23)30(37)34-25-13-14-26-27(16-25)39-19-38-26/h4-5,7-9,12-16,23,29H,6,10-11,17-19H2,1-3H3,(H,34,37)/t23-,29+/m0/s1. The Bertz CT molecular complexity index is 1410. The molecule has 5 rings (SSSR count). The van der Waals surface area contributed by atoms with Crippen molar-refractivity contribution in [3.63, 3.8) is 0 Å². The van der Waals surface area contributed by atoms with Crippen LogP contribution in [0.1, 0.15) is 41.8 Å². The summed E-state index contributed by atoms with van der Waals surface area (Å²) in [5, 5.41) is 3.63. The quantitative estimate of drug-likeness (QED) is 0.207. The van der Waals surface area contributed by atoms with Crippen molar-refractivity contribution < 1.29 is 19.1 Å². The van der Waals surface area contributed by atoms with Gasteiger partial charge in [0.05, 0.1) is 5.75 Å². The van der Waals surface area contributed by atoms with E-state index in [-0.39, 0.29) is 30.3 Å². The second kappa shape index (κ2) is 12.6. The van der Waals surface area contributed by atoms with Crippen molar-refractivity contribution in [2.24, 2.45) is 5.92 Å². The lowest BCUT2D eigenvalue weighted by atomic mass is 9.85.